The molecule has 82 valence electrons. The van der Waals surface area contributed by atoms with Crippen molar-refractivity contribution in [3.05, 3.63) is 24.3 Å². The molecule has 2 rings (SSSR count). The molecule has 0 bridgehead atoms. The largest absolute Gasteiger partial charge is 0.294 e. The molecule has 2 nitrogen and oxygen atoms in total. The number of nitrogens with zero attached hydrogens (tertiary/aromatic N) is 1. The summed E-state index contributed by atoms with van der Waals surface area (Å²) in [7, 11) is 0. The minimum Gasteiger partial charge on any atom is -0.294 e. The monoisotopic (exact) mass is 227 g/mol. The van der Waals surface area contributed by atoms with Crippen molar-refractivity contribution in [3.8, 4) is 5.75 Å². The Kier molecular flexibility index (Phi) is 3.49. The van der Waals surface area contributed by atoms with E-state index in [1.54, 1.807) is 24.1 Å². The van der Waals surface area contributed by atoms with Crippen molar-refractivity contribution >= 4 is 11.9 Å². The summed E-state index contributed by atoms with van der Waals surface area (Å²) in [6.45, 7) is 4.53. The summed E-state index contributed by atoms with van der Waals surface area (Å²) < 4.78 is 14.1. The summed E-state index contributed by atoms with van der Waals surface area (Å²) in [4.78, 5) is 4.76. The van der Waals surface area contributed by atoms with Crippen molar-refractivity contribution in [2.24, 2.45) is 5.92 Å². The van der Waals surface area contributed by atoms with Gasteiger partial charge in [-0.05, 0) is 48.6 Å². The van der Waals surface area contributed by atoms with Crippen molar-refractivity contribution in [1.29, 1.82) is 0 Å². The summed E-state index contributed by atoms with van der Waals surface area (Å²) in [5.41, 5.74) is 0. The fourth-order valence-electron chi connectivity index (χ4n) is 1.68. The number of hydrogen-bond donors (Lipinski definition) is 0. The molecule has 0 aromatic heterocycles. The van der Waals surface area contributed by atoms with Crippen LogP contribution in [0.25, 0.3) is 0 Å². The van der Waals surface area contributed by atoms with Gasteiger partial charge >= 0.3 is 0 Å². The standard InChI is InChI=1S/C11H14FNOS/c1-9-6-7-13(8-9)15-11-4-2-10(14-12)3-5-11/h2-5,9H,6-8H2,1H3/t9-/m0/s1. The predicted octanol–water partition coefficient (Wildman–Crippen LogP) is 3.30. The lowest BCUT2D eigenvalue weighted by atomic mass is 10.2. The molecule has 0 unspecified atom stereocenters. The second kappa shape index (κ2) is 4.86. The summed E-state index contributed by atoms with van der Waals surface area (Å²) in [6, 6.07) is 7.04. The van der Waals surface area contributed by atoms with Gasteiger partial charge in [0.15, 0.2) is 5.75 Å². The average molecular weight is 227 g/mol. The van der Waals surface area contributed by atoms with Crippen molar-refractivity contribution in [2.75, 3.05) is 13.1 Å². The molecule has 0 N–H and O–H groups in total. The molecular weight excluding hydrogens is 213 g/mol. The minimum absolute atomic E-state index is 0.258. The van der Waals surface area contributed by atoms with Crippen molar-refractivity contribution in [3.63, 3.8) is 0 Å². The van der Waals surface area contributed by atoms with Crippen LogP contribution in [0.2, 0.25) is 0 Å². The highest BCUT2D eigenvalue weighted by Crippen LogP contribution is 2.29. The van der Waals surface area contributed by atoms with Crippen LogP contribution in [0, 0.1) is 5.92 Å². The van der Waals surface area contributed by atoms with Crippen LogP contribution in [0.5, 0.6) is 5.75 Å². The third-order valence-electron chi connectivity index (χ3n) is 2.53. The van der Waals surface area contributed by atoms with Crippen LogP contribution in [0.4, 0.5) is 4.53 Å². The van der Waals surface area contributed by atoms with Gasteiger partial charge in [0, 0.05) is 22.5 Å². The second-order valence-electron chi connectivity index (χ2n) is 3.92. The van der Waals surface area contributed by atoms with Crippen molar-refractivity contribution in [2.45, 2.75) is 18.2 Å². The van der Waals surface area contributed by atoms with Crippen molar-refractivity contribution < 1.29 is 9.47 Å². The first-order chi connectivity index (χ1) is 7.28. The van der Waals surface area contributed by atoms with E-state index in [9.17, 15) is 4.53 Å². The SMILES string of the molecule is C[C@H]1CCN(Sc2ccc(OF)cc2)C1. The highest BCUT2D eigenvalue weighted by atomic mass is 32.2. The van der Waals surface area contributed by atoms with Gasteiger partial charge in [-0.2, -0.15) is 0 Å². The molecule has 1 heterocycles. The van der Waals surface area contributed by atoms with Gasteiger partial charge < -0.3 is 0 Å². The fraction of sp³-hybridized carbons (Fsp3) is 0.455. The molecule has 4 heteroatoms. The second-order valence-corrected chi connectivity index (χ2v) is 5.09. The van der Waals surface area contributed by atoms with E-state index in [2.05, 4.69) is 16.2 Å². The van der Waals surface area contributed by atoms with E-state index in [-0.39, 0.29) is 5.75 Å². The van der Waals surface area contributed by atoms with Gasteiger partial charge in [-0.1, -0.05) is 6.92 Å². The number of benzene rings is 1. The lowest BCUT2D eigenvalue weighted by Gasteiger charge is -2.13. The van der Waals surface area contributed by atoms with Crippen LogP contribution in [-0.4, -0.2) is 17.4 Å². The Morgan fingerprint density at radius 2 is 2.13 bits per heavy atom. The Morgan fingerprint density at radius 3 is 2.67 bits per heavy atom. The van der Waals surface area contributed by atoms with Crippen LogP contribution >= 0.6 is 11.9 Å². The van der Waals surface area contributed by atoms with E-state index >= 15 is 0 Å². The molecule has 1 aliphatic rings. The molecule has 1 atom stereocenters. The fourth-order valence-corrected chi connectivity index (χ4v) is 2.76. The Hall–Kier alpha value is -0.740. The summed E-state index contributed by atoms with van der Waals surface area (Å²) in [5, 5.41) is 0. The van der Waals surface area contributed by atoms with Crippen LogP contribution in [0.3, 0.4) is 0 Å². The average Bonchev–Trinajstić information content (AvgIpc) is 2.65. The molecule has 15 heavy (non-hydrogen) atoms. The molecule has 1 aliphatic heterocycles. The summed E-state index contributed by atoms with van der Waals surface area (Å²) >= 11 is 1.73. The minimum atomic E-state index is 0.258. The van der Waals surface area contributed by atoms with Crippen molar-refractivity contribution in [1.82, 2.24) is 4.31 Å². The van der Waals surface area contributed by atoms with E-state index in [4.69, 9.17) is 0 Å². The lowest BCUT2D eigenvalue weighted by Crippen LogP contribution is -2.10. The zero-order chi connectivity index (χ0) is 10.7. The first kappa shape index (κ1) is 10.8. The van der Waals surface area contributed by atoms with E-state index in [1.165, 1.54) is 6.42 Å². The van der Waals surface area contributed by atoms with Gasteiger partial charge in [-0.15, -0.1) is 0 Å². The first-order valence-corrected chi connectivity index (χ1v) is 5.87. The molecule has 0 amide bonds. The van der Waals surface area contributed by atoms with Gasteiger partial charge in [0.1, 0.15) is 0 Å². The first-order valence-electron chi connectivity index (χ1n) is 5.09. The lowest BCUT2D eigenvalue weighted by molar-refractivity contribution is -0.00626. The predicted molar refractivity (Wildman–Crippen MR) is 59.4 cm³/mol. The Balaban J connectivity index is 1.93. The zero-order valence-corrected chi connectivity index (χ0v) is 9.47. The molecular formula is C11H14FNOS. The van der Waals surface area contributed by atoms with Crippen LogP contribution in [-0.2, 0) is 0 Å². The smallest absolute Gasteiger partial charge is 0.171 e. The van der Waals surface area contributed by atoms with Gasteiger partial charge in [0.05, 0.1) is 0 Å². The molecule has 0 spiro atoms. The van der Waals surface area contributed by atoms with Gasteiger partial charge in [0.25, 0.3) is 0 Å². The van der Waals surface area contributed by atoms with Crippen LogP contribution in [0.15, 0.2) is 29.2 Å². The molecule has 0 aliphatic carbocycles. The van der Waals surface area contributed by atoms with E-state index in [1.807, 2.05) is 12.1 Å². The van der Waals surface area contributed by atoms with Gasteiger partial charge in [0.2, 0.25) is 0 Å². The molecule has 0 radical (unpaired) electrons. The third-order valence-corrected chi connectivity index (χ3v) is 3.61. The molecule has 1 aromatic carbocycles. The van der Waals surface area contributed by atoms with E-state index < -0.39 is 0 Å². The summed E-state index contributed by atoms with van der Waals surface area (Å²) in [5.74, 6) is 1.04. The quantitative estimate of drug-likeness (QED) is 0.735. The zero-order valence-electron chi connectivity index (χ0n) is 8.65. The molecule has 1 aromatic rings. The maximum Gasteiger partial charge on any atom is 0.171 e. The number of rotatable bonds is 3. The normalized spacial score (nSPS) is 21.9. The Morgan fingerprint density at radius 1 is 1.40 bits per heavy atom. The topological polar surface area (TPSA) is 12.5 Å². The maximum absolute atomic E-state index is 11.8. The van der Waals surface area contributed by atoms with E-state index in [0.717, 1.165) is 23.9 Å². The highest BCUT2D eigenvalue weighted by molar-refractivity contribution is 7.97. The van der Waals surface area contributed by atoms with Crippen LogP contribution < -0.4 is 4.94 Å². The highest BCUT2D eigenvalue weighted by Gasteiger charge is 2.19. The van der Waals surface area contributed by atoms with E-state index in [0.29, 0.717) is 0 Å². The third kappa shape index (κ3) is 2.86. The molecule has 0 saturated carbocycles. The van der Waals surface area contributed by atoms with Gasteiger partial charge in [-0.3, -0.25) is 4.94 Å². The number of halogens is 1. The Bertz CT molecular complexity index is 317. The maximum atomic E-state index is 11.8. The molecule has 1 fully saturated rings. The molecule has 1 saturated heterocycles. The summed E-state index contributed by atoms with van der Waals surface area (Å²) in [6.07, 6.45) is 1.26. The van der Waals surface area contributed by atoms with Crippen LogP contribution in [0.1, 0.15) is 13.3 Å². The number of hydrogen-bond acceptors (Lipinski definition) is 3. The van der Waals surface area contributed by atoms with Gasteiger partial charge in [-0.25, -0.2) is 4.31 Å². The Labute approximate surface area is 93.4 Å².